The lowest BCUT2D eigenvalue weighted by Crippen LogP contribution is -2.36. The van der Waals surface area contributed by atoms with Gasteiger partial charge in [0, 0.05) is 40.2 Å². The Morgan fingerprint density at radius 1 is 0.609 bits per heavy atom. The molecule has 330 valence electrons. The highest BCUT2D eigenvalue weighted by molar-refractivity contribution is 6.01. The fourth-order valence-electron chi connectivity index (χ4n) is 11.2. The summed E-state index contributed by atoms with van der Waals surface area (Å²) in [7, 11) is 0. The zero-order chi connectivity index (χ0) is 45.9. The van der Waals surface area contributed by atoms with Crippen LogP contribution in [0.25, 0.3) is 39.3 Å². The van der Waals surface area contributed by atoms with Gasteiger partial charge in [0.15, 0.2) is 5.58 Å². The van der Waals surface area contributed by atoms with E-state index in [2.05, 4.69) is 191 Å². The Morgan fingerprint density at radius 3 is 2.14 bits per heavy atom. The standard InChI is InChI=1S/C63H46N4O2/c68-60-31-13-11-29-58(60)64-41-42-17-15-23-46(37-42)66(44-19-3-1-4-20-44)48-33-35-52-53-36-34-49(40-57(53)63(56(52)39-48)54-27-9-7-25-50(54)51-26-8-10-28-55(51)63)67(45-21-5-2-6-22-45)47-24-16-18-43(38-47)62-65-59-30-12-14-32-61(59)69-62/h2-3,5-32,34-41,48,68H,1,4,33H2. The first kappa shape index (κ1) is 40.5. The van der Waals surface area contributed by atoms with Gasteiger partial charge in [-0.15, -0.1) is 0 Å². The molecule has 69 heavy (non-hydrogen) atoms. The number of oxazole rings is 1. The quantitative estimate of drug-likeness (QED) is 0.146. The van der Waals surface area contributed by atoms with Crippen LogP contribution in [0.5, 0.6) is 5.75 Å². The fraction of sp³-hybridized carbons (Fsp3) is 0.0794. The number of hydrogen-bond donors (Lipinski definition) is 1. The number of aromatic hydroxyl groups is 1. The van der Waals surface area contributed by atoms with E-state index in [1.54, 1.807) is 6.07 Å². The number of para-hydroxylation sites is 5. The Kier molecular flexibility index (Phi) is 9.72. The number of rotatable bonds is 9. The summed E-state index contributed by atoms with van der Waals surface area (Å²) in [5.74, 6) is 0.754. The molecule has 9 aromatic rings. The number of anilines is 4. The lowest BCUT2D eigenvalue weighted by molar-refractivity contribution is 0.477. The monoisotopic (exact) mass is 890 g/mol. The molecule has 1 atom stereocenters. The van der Waals surface area contributed by atoms with Crippen LogP contribution in [0, 0.1) is 0 Å². The number of phenols is 1. The van der Waals surface area contributed by atoms with Crippen molar-refractivity contribution in [2.75, 3.05) is 9.80 Å². The minimum atomic E-state index is -0.583. The van der Waals surface area contributed by atoms with E-state index >= 15 is 0 Å². The number of hydrogen-bond acceptors (Lipinski definition) is 6. The SMILES string of the molecule is Oc1ccccc1N=Cc1cccc(N(C2=CCCC=C2)C2C=C3C(=CC2)c2ccc(N(c4ccccc4)c4cccc(-c5nc6ccccc6o5)c4)cc2C32c3ccccc3-c3ccccc32)c1. The van der Waals surface area contributed by atoms with E-state index in [1.165, 1.54) is 50.2 Å². The molecule has 6 nitrogen and oxygen atoms in total. The average molecular weight is 891 g/mol. The molecule has 1 aromatic heterocycles. The Labute approximate surface area is 401 Å². The van der Waals surface area contributed by atoms with Crippen molar-refractivity contribution in [1.82, 2.24) is 4.98 Å². The Bertz CT molecular complexity index is 3570. The van der Waals surface area contributed by atoms with Crippen molar-refractivity contribution < 1.29 is 9.52 Å². The van der Waals surface area contributed by atoms with E-state index in [4.69, 9.17) is 9.40 Å². The summed E-state index contributed by atoms with van der Waals surface area (Å²) in [6, 6.07) is 68.1. The number of nitrogens with zero attached hydrogens (tertiary/aromatic N) is 4. The van der Waals surface area contributed by atoms with Crippen molar-refractivity contribution in [2.24, 2.45) is 4.99 Å². The van der Waals surface area contributed by atoms with Gasteiger partial charge in [-0.25, -0.2) is 4.98 Å². The summed E-state index contributed by atoms with van der Waals surface area (Å²) in [6.07, 6.45) is 16.7. The molecule has 0 bridgehead atoms. The van der Waals surface area contributed by atoms with Crippen molar-refractivity contribution in [2.45, 2.75) is 30.7 Å². The van der Waals surface area contributed by atoms with Gasteiger partial charge in [0.2, 0.25) is 5.89 Å². The molecule has 0 radical (unpaired) electrons. The molecular formula is C63H46N4O2. The number of allylic oxidation sites excluding steroid dienone is 5. The Balaban J connectivity index is 0.983. The molecule has 8 aromatic carbocycles. The van der Waals surface area contributed by atoms with Crippen LogP contribution in [0.1, 0.15) is 47.1 Å². The van der Waals surface area contributed by atoms with Crippen LogP contribution in [0.2, 0.25) is 0 Å². The summed E-state index contributed by atoms with van der Waals surface area (Å²) in [4.78, 5) is 14.4. The van der Waals surface area contributed by atoms with Gasteiger partial charge in [-0.05, 0) is 154 Å². The minimum absolute atomic E-state index is 0.00380. The lowest BCUT2D eigenvalue weighted by Gasteiger charge is -2.38. The van der Waals surface area contributed by atoms with Crippen LogP contribution < -0.4 is 9.80 Å². The molecule has 1 unspecified atom stereocenters. The van der Waals surface area contributed by atoms with Crippen molar-refractivity contribution in [3.05, 3.63) is 264 Å². The fourth-order valence-corrected chi connectivity index (χ4v) is 11.2. The normalized spacial score (nSPS) is 16.1. The maximum absolute atomic E-state index is 10.5. The molecule has 0 amide bonds. The topological polar surface area (TPSA) is 65.1 Å². The second-order valence-electron chi connectivity index (χ2n) is 18.1. The smallest absolute Gasteiger partial charge is 0.227 e. The van der Waals surface area contributed by atoms with Gasteiger partial charge in [-0.3, -0.25) is 4.99 Å². The minimum Gasteiger partial charge on any atom is -0.506 e. The third kappa shape index (κ3) is 6.70. The largest absolute Gasteiger partial charge is 0.506 e. The lowest BCUT2D eigenvalue weighted by atomic mass is 9.69. The summed E-state index contributed by atoms with van der Waals surface area (Å²) in [5, 5.41) is 10.5. The zero-order valence-electron chi connectivity index (χ0n) is 37.8. The summed E-state index contributed by atoms with van der Waals surface area (Å²) < 4.78 is 6.31. The van der Waals surface area contributed by atoms with E-state index in [-0.39, 0.29) is 11.8 Å². The number of aliphatic imine (C=N–C) groups is 1. The number of phenolic OH excluding ortho intramolecular Hbond substituents is 1. The molecule has 4 aliphatic rings. The summed E-state index contributed by atoms with van der Waals surface area (Å²) in [6.45, 7) is 0. The van der Waals surface area contributed by atoms with E-state index in [9.17, 15) is 5.11 Å². The molecule has 0 saturated carbocycles. The molecule has 1 spiro atoms. The van der Waals surface area contributed by atoms with E-state index in [1.807, 2.05) is 48.7 Å². The highest BCUT2D eigenvalue weighted by Crippen LogP contribution is 2.65. The number of aromatic nitrogens is 1. The molecule has 0 saturated heterocycles. The first-order valence-electron chi connectivity index (χ1n) is 23.8. The highest BCUT2D eigenvalue weighted by atomic mass is 16.3. The van der Waals surface area contributed by atoms with Crippen molar-refractivity contribution in [3.63, 3.8) is 0 Å². The van der Waals surface area contributed by atoms with E-state index < -0.39 is 5.41 Å². The highest BCUT2D eigenvalue weighted by Gasteiger charge is 2.54. The first-order chi connectivity index (χ1) is 34.1. The van der Waals surface area contributed by atoms with Crippen LogP contribution in [-0.2, 0) is 5.41 Å². The second-order valence-corrected chi connectivity index (χ2v) is 18.1. The summed E-state index contributed by atoms with van der Waals surface area (Å²) in [5.41, 5.74) is 19.1. The molecule has 0 aliphatic heterocycles. The van der Waals surface area contributed by atoms with Gasteiger partial charge in [0.1, 0.15) is 17.0 Å². The number of fused-ring (bicyclic) bond motifs is 11. The Morgan fingerprint density at radius 2 is 1.33 bits per heavy atom. The predicted molar refractivity (Wildman–Crippen MR) is 281 cm³/mol. The van der Waals surface area contributed by atoms with Gasteiger partial charge in [0.25, 0.3) is 0 Å². The van der Waals surface area contributed by atoms with Crippen LogP contribution in [0.3, 0.4) is 0 Å². The molecule has 1 N–H and O–H groups in total. The maximum Gasteiger partial charge on any atom is 0.227 e. The molecular weight excluding hydrogens is 845 g/mol. The third-order valence-corrected chi connectivity index (χ3v) is 14.2. The molecule has 6 heteroatoms. The van der Waals surface area contributed by atoms with Crippen molar-refractivity contribution >= 4 is 51.3 Å². The van der Waals surface area contributed by atoms with E-state index in [0.29, 0.717) is 11.6 Å². The van der Waals surface area contributed by atoms with Crippen LogP contribution >= 0.6 is 0 Å². The van der Waals surface area contributed by atoms with Crippen LogP contribution in [0.4, 0.5) is 28.4 Å². The van der Waals surface area contributed by atoms with Crippen molar-refractivity contribution in [1.29, 1.82) is 0 Å². The predicted octanol–water partition coefficient (Wildman–Crippen LogP) is 15.6. The average Bonchev–Trinajstić information content (AvgIpc) is 4.07. The van der Waals surface area contributed by atoms with Gasteiger partial charge in [-0.2, -0.15) is 0 Å². The Hall–Kier alpha value is -8.74. The number of benzene rings is 8. The molecule has 0 fully saturated rings. The van der Waals surface area contributed by atoms with Gasteiger partial charge in [-0.1, -0.05) is 140 Å². The molecule has 1 heterocycles. The van der Waals surface area contributed by atoms with Gasteiger partial charge < -0.3 is 19.3 Å². The zero-order valence-corrected chi connectivity index (χ0v) is 37.8. The summed E-state index contributed by atoms with van der Waals surface area (Å²) >= 11 is 0. The van der Waals surface area contributed by atoms with Crippen LogP contribution in [-0.4, -0.2) is 22.3 Å². The van der Waals surface area contributed by atoms with Gasteiger partial charge in [0.05, 0.1) is 11.5 Å². The molecule has 4 aliphatic carbocycles. The second kappa shape index (κ2) is 16.5. The first-order valence-corrected chi connectivity index (χ1v) is 23.8. The van der Waals surface area contributed by atoms with Gasteiger partial charge >= 0.3 is 0 Å². The van der Waals surface area contributed by atoms with Crippen LogP contribution in [0.15, 0.2) is 245 Å². The van der Waals surface area contributed by atoms with Crippen molar-refractivity contribution in [3.8, 4) is 28.3 Å². The molecule has 13 rings (SSSR count). The maximum atomic E-state index is 10.5. The van der Waals surface area contributed by atoms with E-state index in [0.717, 1.165) is 64.2 Å². The third-order valence-electron chi connectivity index (χ3n) is 14.2.